The number of benzene rings is 2. The van der Waals surface area contributed by atoms with Gasteiger partial charge in [-0.3, -0.25) is 14.4 Å². The van der Waals surface area contributed by atoms with Crippen LogP contribution in [0.4, 0.5) is 5.69 Å². The highest BCUT2D eigenvalue weighted by Crippen LogP contribution is 2.23. The maximum atomic E-state index is 12.4. The largest absolute Gasteiger partial charge is 0.376 e. The van der Waals surface area contributed by atoms with E-state index >= 15 is 0 Å². The number of hydrogen-bond donors (Lipinski definition) is 2. The highest BCUT2D eigenvalue weighted by Gasteiger charge is 2.19. The lowest BCUT2D eigenvalue weighted by Gasteiger charge is -2.13. The van der Waals surface area contributed by atoms with Gasteiger partial charge in [-0.25, -0.2) is 8.42 Å². The molecule has 2 heterocycles. The highest BCUT2D eigenvalue weighted by atomic mass is 32.2. The predicted octanol–water partition coefficient (Wildman–Crippen LogP) is 3.59. The molecule has 0 aliphatic carbocycles. The minimum absolute atomic E-state index is 0.139. The predicted molar refractivity (Wildman–Crippen MR) is 109 cm³/mol. The van der Waals surface area contributed by atoms with Crippen molar-refractivity contribution in [3.05, 3.63) is 59.4 Å². The van der Waals surface area contributed by atoms with Crippen LogP contribution in [0.25, 0.3) is 11.4 Å². The molecule has 0 radical (unpaired) electrons. The Labute approximate surface area is 168 Å². The summed E-state index contributed by atoms with van der Waals surface area (Å²) in [6.07, 6.45) is 2.20. The van der Waals surface area contributed by atoms with E-state index in [0.717, 1.165) is 25.0 Å². The first-order valence-electron chi connectivity index (χ1n) is 8.98. The van der Waals surface area contributed by atoms with Crippen molar-refractivity contribution in [1.82, 2.24) is 14.8 Å². The summed E-state index contributed by atoms with van der Waals surface area (Å²) >= 11 is 5.36. The van der Waals surface area contributed by atoms with Gasteiger partial charge in [0, 0.05) is 17.9 Å². The average Bonchev–Trinajstić information content (AvgIpc) is 3.34. The number of aromatic amines is 1. The molecule has 1 saturated heterocycles. The smallest absolute Gasteiger partial charge is 0.261 e. The molecule has 1 atom stereocenters. The van der Waals surface area contributed by atoms with Crippen molar-refractivity contribution >= 4 is 27.9 Å². The van der Waals surface area contributed by atoms with Gasteiger partial charge in [-0.05, 0) is 61.5 Å². The SMILES string of the molecule is O=S(=O)(Nc1ccc(-c2n[nH]c(=S)n2C[C@@H]2CCCO2)cc1)c1ccccc1. The number of hydrogen-bond acceptors (Lipinski definition) is 5. The molecule has 2 N–H and O–H groups in total. The second-order valence-corrected chi connectivity index (χ2v) is 8.66. The number of ether oxygens (including phenoxy) is 1. The summed E-state index contributed by atoms with van der Waals surface area (Å²) in [6.45, 7) is 1.43. The van der Waals surface area contributed by atoms with Gasteiger partial charge in [0.25, 0.3) is 10.0 Å². The standard InChI is InChI=1S/C19H20N4O3S2/c24-28(25,17-6-2-1-3-7-17)22-15-10-8-14(9-11-15)18-20-21-19(27)23(18)13-16-5-4-12-26-16/h1-3,6-11,16,22H,4-5,12-13H2,(H,21,27)/t16-/m0/s1. The Balaban J connectivity index is 1.55. The van der Waals surface area contributed by atoms with Crippen molar-refractivity contribution in [3.8, 4) is 11.4 Å². The molecular formula is C19H20N4O3S2. The normalized spacial score (nSPS) is 16.9. The summed E-state index contributed by atoms with van der Waals surface area (Å²) in [7, 11) is -3.62. The monoisotopic (exact) mass is 416 g/mol. The zero-order valence-electron chi connectivity index (χ0n) is 15.0. The zero-order valence-corrected chi connectivity index (χ0v) is 16.7. The average molecular weight is 417 g/mol. The third kappa shape index (κ3) is 4.01. The van der Waals surface area contributed by atoms with E-state index in [0.29, 0.717) is 22.8 Å². The first-order chi connectivity index (χ1) is 13.5. The summed E-state index contributed by atoms with van der Waals surface area (Å²) in [5.41, 5.74) is 1.32. The van der Waals surface area contributed by atoms with Gasteiger partial charge < -0.3 is 4.74 Å². The summed E-state index contributed by atoms with van der Waals surface area (Å²) in [5.74, 6) is 0.706. The summed E-state index contributed by atoms with van der Waals surface area (Å²) in [4.78, 5) is 0.219. The summed E-state index contributed by atoms with van der Waals surface area (Å²) in [5, 5.41) is 7.16. The molecule has 3 aromatic rings. The summed E-state index contributed by atoms with van der Waals surface area (Å²) < 4.78 is 35.7. The molecule has 1 aromatic heterocycles. The van der Waals surface area contributed by atoms with Crippen LogP contribution >= 0.6 is 12.2 Å². The lowest BCUT2D eigenvalue weighted by Crippen LogP contribution is -2.16. The van der Waals surface area contributed by atoms with Gasteiger partial charge in [0.2, 0.25) is 0 Å². The fourth-order valence-electron chi connectivity index (χ4n) is 3.20. The van der Waals surface area contributed by atoms with Gasteiger partial charge in [-0.15, -0.1) is 0 Å². The van der Waals surface area contributed by atoms with Crippen LogP contribution in [0.5, 0.6) is 0 Å². The van der Waals surface area contributed by atoms with Crippen molar-refractivity contribution in [2.45, 2.75) is 30.4 Å². The Morgan fingerprint density at radius 3 is 2.61 bits per heavy atom. The Morgan fingerprint density at radius 1 is 1.18 bits per heavy atom. The number of sulfonamides is 1. The maximum Gasteiger partial charge on any atom is 0.261 e. The molecule has 0 unspecified atom stereocenters. The van der Waals surface area contributed by atoms with Gasteiger partial charge in [0.15, 0.2) is 10.6 Å². The van der Waals surface area contributed by atoms with Crippen LogP contribution in [-0.4, -0.2) is 35.9 Å². The molecule has 0 spiro atoms. The van der Waals surface area contributed by atoms with E-state index in [-0.39, 0.29) is 11.0 Å². The molecule has 146 valence electrons. The van der Waals surface area contributed by atoms with Crippen LogP contribution < -0.4 is 4.72 Å². The van der Waals surface area contributed by atoms with Crippen LogP contribution in [0.2, 0.25) is 0 Å². The van der Waals surface area contributed by atoms with Gasteiger partial charge in [0.1, 0.15) is 0 Å². The number of H-pyrrole nitrogens is 1. The van der Waals surface area contributed by atoms with E-state index in [1.54, 1.807) is 42.5 Å². The fraction of sp³-hybridized carbons (Fsp3) is 0.263. The van der Waals surface area contributed by atoms with E-state index < -0.39 is 10.0 Å². The summed E-state index contributed by atoms with van der Waals surface area (Å²) in [6, 6.07) is 15.3. The van der Waals surface area contributed by atoms with Crippen LogP contribution in [-0.2, 0) is 21.3 Å². The van der Waals surface area contributed by atoms with Crippen molar-refractivity contribution < 1.29 is 13.2 Å². The lowest BCUT2D eigenvalue weighted by molar-refractivity contribution is 0.0970. The first-order valence-corrected chi connectivity index (χ1v) is 10.9. The molecule has 0 bridgehead atoms. The van der Waals surface area contributed by atoms with Crippen LogP contribution in [0.15, 0.2) is 59.5 Å². The number of anilines is 1. The number of rotatable bonds is 6. The Bertz CT molecular complexity index is 1100. The number of nitrogens with one attached hydrogen (secondary N) is 2. The quantitative estimate of drug-likeness (QED) is 0.600. The minimum atomic E-state index is -3.62. The van der Waals surface area contributed by atoms with E-state index in [9.17, 15) is 8.42 Å². The van der Waals surface area contributed by atoms with Crippen LogP contribution in [0.1, 0.15) is 12.8 Å². The Hall–Kier alpha value is -2.49. The Morgan fingerprint density at radius 2 is 1.93 bits per heavy atom. The second-order valence-electron chi connectivity index (χ2n) is 6.59. The van der Waals surface area contributed by atoms with Crippen molar-refractivity contribution in [1.29, 1.82) is 0 Å². The van der Waals surface area contributed by atoms with Crippen molar-refractivity contribution in [2.24, 2.45) is 0 Å². The van der Waals surface area contributed by atoms with Crippen LogP contribution in [0, 0.1) is 4.77 Å². The highest BCUT2D eigenvalue weighted by molar-refractivity contribution is 7.92. The van der Waals surface area contributed by atoms with Crippen molar-refractivity contribution in [3.63, 3.8) is 0 Å². The number of nitrogens with zero attached hydrogens (tertiary/aromatic N) is 2. The number of aromatic nitrogens is 3. The lowest BCUT2D eigenvalue weighted by atomic mass is 10.2. The van der Waals surface area contributed by atoms with E-state index in [1.165, 1.54) is 0 Å². The molecule has 1 aliphatic heterocycles. The van der Waals surface area contributed by atoms with Crippen molar-refractivity contribution in [2.75, 3.05) is 11.3 Å². The maximum absolute atomic E-state index is 12.4. The molecule has 4 rings (SSSR count). The van der Waals surface area contributed by atoms with E-state index in [2.05, 4.69) is 14.9 Å². The van der Waals surface area contributed by atoms with E-state index in [1.807, 2.05) is 16.7 Å². The van der Waals surface area contributed by atoms with Gasteiger partial charge >= 0.3 is 0 Å². The molecule has 2 aromatic carbocycles. The molecule has 1 fully saturated rings. The van der Waals surface area contributed by atoms with E-state index in [4.69, 9.17) is 17.0 Å². The van der Waals surface area contributed by atoms with Crippen LogP contribution in [0.3, 0.4) is 0 Å². The first kappa shape index (κ1) is 18.9. The molecule has 9 heteroatoms. The second kappa shape index (κ2) is 7.86. The molecule has 1 aliphatic rings. The zero-order chi connectivity index (χ0) is 19.6. The van der Waals surface area contributed by atoms with Gasteiger partial charge in [-0.2, -0.15) is 5.10 Å². The molecule has 0 amide bonds. The van der Waals surface area contributed by atoms with Gasteiger partial charge in [-0.1, -0.05) is 18.2 Å². The third-order valence-electron chi connectivity index (χ3n) is 4.62. The minimum Gasteiger partial charge on any atom is -0.376 e. The third-order valence-corrected chi connectivity index (χ3v) is 6.33. The fourth-order valence-corrected chi connectivity index (χ4v) is 4.49. The molecular weight excluding hydrogens is 396 g/mol. The molecule has 28 heavy (non-hydrogen) atoms. The Kier molecular flexibility index (Phi) is 5.29. The molecule has 0 saturated carbocycles. The molecule has 7 nitrogen and oxygen atoms in total. The van der Waals surface area contributed by atoms with Gasteiger partial charge in [0.05, 0.1) is 17.5 Å². The topological polar surface area (TPSA) is 89.0 Å².